The number of rotatable bonds is 5. The molecule has 0 saturated carbocycles. The highest BCUT2D eigenvalue weighted by Crippen LogP contribution is 2.33. The molecule has 0 bridgehead atoms. The molecule has 0 aliphatic rings. The molecule has 1 amide bonds. The van der Waals surface area contributed by atoms with Gasteiger partial charge in [0.15, 0.2) is 5.69 Å². The molecule has 0 fully saturated rings. The summed E-state index contributed by atoms with van der Waals surface area (Å²) >= 11 is 0. The summed E-state index contributed by atoms with van der Waals surface area (Å²) in [6, 6.07) is 12.0. The normalized spacial score (nSPS) is 11.0. The van der Waals surface area contributed by atoms with Crippen LogP contribution in [0, 0.1) is 18.3 Å². The third kappa shape index (κ3) is 4.62. The first-order valence-corrected chi connectivity index (χ1v) is 9.41. The summed E-state index contributed by atoms with van der Waals surface area (Å²) in [5, 5.41) is 15.5. The average Bonchev–Trinajstić information content (AvgIpc) is 2.74. The van der Waals surface area contributed by atoms with Crippen molar-refractivity contribution < 1.29 is 22.7 Å². The van der Waals surface area contributed by atoms with Gasteiger partial charge >= 0.3 is 6.18 Å². The standard InChI is InChI=1S/C22H17F3N4O3/c1-3-32-19-9-8-14(12-26)11-16(19)27-21(31)20-18(30)10-13(2)29(28-20)17-7-5-4-6-15(17)22(23,24)25/h4-11H,3H2,1-2H3,(H,27,31). The number of carbonyl (C=O) groups excluding carboxylic acids is 1. The lowest BCUT2D eigenvalue weighted by molar-refractivity contribution is -0.137. The number of alkyl halides is 3. The molecule has 0 unspecified atom stereocenters. The van der Waals surface area contributed by atoms with Crippen LogP contribution in [0.5, 0.6) is 5.75 Å². The molecule has 0 radical (unpaired) electrons. The van der Waals surface area contributed by atoms with E-state index in [-0.39, 0.29) is 35.0 Å². The van der Waals surface area contributed by atoms with E-state index in [0.29, 0.717) is 0 Å². The predicted molar refractivity (Wildman–Crippen MR) is 110 cm³/mol. The van der Waals surface area contributed by atoms with E-state index in [9.17, 15) is 22.8 Å². The van der Waals surface area contributed by atoms with Gasteiger partial charge in [0.1, 0.15) is 5.75 Å². The van der Waals surface area contributed by atoms with Crippen molar-refractivity contribution in [1.82, 2.24) is 9.78 Å². The molecule has 1 heterocycles. The first kappa shape index (κ1) is 22.6. The molecule has 1 N–H and O–H groups in total. The van der Waals surface area contributed by atoms with Gasteiger partial charge in [-0.1, -0.05) is 12.1 Å². The van der Waals surface area contributed by atoms with Crippen LogP contribution < -0.4 is 15.5 Å². The van der Waals surface area contributed by atoms with Gasteiger partial charge in [0.05, 0.1) is 35.2 Å². The maximum absolute atomic E-state index is 13.5. The van der Waals surface area contributed by atoms with Crippen molar-refractivity contribution in [3.8, 4) is 17.5 Å². The zero-order valence-corrected chi connectivity index (χ0v) is 17.0. The van der Waals surface area contributed by atoms with Crippen LogP contribution in [0.3, 0.4) is 0 Å². The zero-order chi connectivity index (χ0) is 23.5. The van der Waals surface area contributed by atoms with Crippen molar-refractivity contribution in [2.24, 2.45) is 0 Å². The zero-order valence-electron chi connectivity index (χ0n) is 17.0. The van der Waals surface area contributed by atoms with Gasteiger partial charge in [-0.25, -0.2) is 4.68 Å². The van der Waals surface area contributed by atoms with Crippen molar-refractivity contribution in [2.45, 2.75) is 20.0 Å². The lowest BCUT2D eigenvalue weighted by Gasteiger charge is -2.17. The van der Waals surface area contributed by atoms with Gasteiger partial charge < -0.3 is 10.1 Å². The number of hydrogen-bond donors (Lipinski definition) is 1. The van der Waals surface area contributed by atoms with E-state index < -0.39 is 28.8 Å². The van der Waals surface area contributed by atoms with Crippen molar-refractivity contribution in [2.75, 3.05) is 11.9 Å². The molecule has 0 spiro atoms. The third-order valence-corrected chi connectivity index (χ3v) is 4.42. The number of para-hydroxylation sites is 1. The van der Waals surface area contributed by atoms with Crippen molar-refractivity contribution >= 4 is 11.6 Å². The Morgan fingerprint density at radius 3 is 2.59 bits per heavy atom. The molecule has 3 rings (SSSR count). The van der Waals surface area contributed by atoms with E-state index in [0.717, 1.165) is 16.8 Å². The fraction of sp³-hybridized carbons (Fsp3) is 0.182. The summed E-state index contributed by atoms with van der Waals surface area (Å²) in [6.07, 6.45) is -4.67. The number of halogens is 3. The molecule has 0 aliphatic carbocycles. The Morgan fingerprint density at radius 2 is 1.94 bits per heavy atom. The summed E-state index contributed by atoms with van der Waals surface area (Å²) in [6.45, 7) is 3.41. The largest absolute Gasteiger partial charge is 0.492 e. The average molecular weight is 442 g/mol. The highest BCUT2D eigenvalue weighted by molar-refractivity contribution is 6.03. The Hall–Kier alpha value is -4.13. The van der Waals surface area contributed by atoms with Crippen molar-refractivity contribution in [3.05, 3.63) is 81.3 Å². The number of carbonyl (C=O) groups is 1. The lowest BCUT2D eigenvalue weighted by Crippen LogP contribution is -2.27. The number of amides is 1. The van der Waals surface area contributed by atoms with Gasteiger partial charge in [-0.15, -0.1) is 0 Å². The summed E-state index contributed by atoms with van der Waals surface area (Å²) in [7, 11) is 0. The second-order valence-corrected chi connectivity index (χ2v) is 6.64. The van der Waals surface area contributed by atoms with Crippen molar-refractivity contribution in [1.29, 1.82) is 5.26 Å². The Labute approximate surface area is 180 Å². The molecule has 0 aliphatic heterocycles. The molecule has 1 aromatic heterocycles. The Bertz CT molecular complexity index is 1280. The van der Waals surface area contributed by atoms with Gasteiger partial charge in [-0.2, -0.15) is 23.5 Å². The monoisotopic (exact) mass is 442 g/mol. The first-order valence-electron chi connectivity index (χ1n) is 9.41. The van der Waals surface area contributed by atoms with Crippen LogP contribution in [-0.4, -0.2) is 22.3 Å². The number of nitrogens with one attached hydrogen (secondary N) is 1. The van der Waals surface area contributed by atoms with Crippen LogP contribution in [0.15, 0.2) is 53.3 Å². The molecule has 164 valence electrons. The van der Waals surface area contributed by atoms with Crippen molar-refractivity contribution in [3.63, 3.8) is 0 Å². The van der Waals surface area contributed by atoms with Crippen LogP contribution in [0.25, 0.3) is 5.69 Å². The molecule has 0 saturated heterocycles. The highest BCUT2D eigenvalue weighted by atomic mass is 19.4. The highest BCUT2D eigenvalue weighted by Gasteiger charge is 2.34. The number of anilines is 1. The Morgan fingerprint density at radius 1 is 1.22 bits per heavy atom. The number of nitriles is 1. The summed E-state index contributed by atoms with van der Waals surface area (Å²) in [5.41, 5.74) is -2.20. The number of benzene rings is 2. The first-order chi connectivity index (χ1) is 15.2. The van der Waals surface area contributed by atoms with E-state index >= 15 is 0 Å². The lowest BCUT2D eigenvalue weighted by atomic mass is 10.1. The van der Waals surface area contributed by atoms with Crippen LogP contribution in [0.4, 0.5) is 18.9 Å². The second kappa shape index (κ2) is 8.93. The van der Waals surface area contributed by atoms with Gasteiger partial charge in [0.25, 0.3) is 5.91 Å². The van der Waals surface area contributed by atoms with E-state index in [1.807, 2.05) is 6.07 Å². The number of aromatic nitrogens is 2. The smallest absolute Gasteiger partial charge is 0.418 e. The minimum atomic E-state index is -4.67. The molecular formula is C22H17F3N4O3. The Balaban J connectivity index is 2.08. The topological polar surface area (TPSA) is 97.0 Å². The van der Waals surface area contributed by atoms with Gasteiger partial charge in [0, 0.05) is 11.8 Å². The summed E-state index contributed by atoms with van der Waals surface area (Å²) in [5.74, 6) is -0.695. The minimum Gasteiger partial charge on any atom is -0.492 e. The third-order valence-electron chi connectivity index (χ3n) is 4.42. The van der Waals surface area contributed by atoms with Crippen LogP contribution >= 0.6 is 0 Å². The maximum Gasteiger partial charge on any atom is 0.418 e. The van der Waals surface area contributed by atoms with E-state index in [1.165, 1.54) is 43.3 Å². The molecule has 32 heavy (non-hydrogen) atoms. The van der Waals surface area contributed by atoms with Crippen LogP contribution in [0.1, 0.15) is 34.2 Å². The van der Waals surface area contributed by atoms with E-state index in [2.05, 4.69) is 10.4 Å². The predicted octanol–water partition coefficient (Wildman–Crippen LogP) is 4.08. The fourth-order valence-corrected chi connectivity index (χ4v) is 3.01. The number of aryl methyl sites for hydroxylation is 1. The molecule has 2 aromatic carbocycles. The second-order valence-electron chi connectivity index (χ2n) is 6.64. The molecule has 7 nitrogen and oxygen atoms in total. The van der Waals surface area contributed by atoms with Gasteiger partial charge in [-0.05, 0) is 44.2 Å². The number of ether oxygens (including phenoxy) is 1. The SMILES string of the molecule is CCOc1ccc(C#N)cc1NC(=O)c1nn(-c2ccccc2C(F)(F)F)c(C)cc1=O. The Kier molecular flexibility index (Phi) is 6.30. The molecule has 10 heteroatoms. The van der Waals surface area contributed by atoms with E-state index in [1.54, 1.807) is 6.92 Å². The van der Waals surface area contributed by atoms with Gasteiger partial charge in [-0.3, -0.25) is 9.59 Å². The van der Waals surface area contributed by atoms with Gasteiger partial charge in [0.2, 0.25) is 5.43 Å². The number of nitrogens with zero attached hydrogens (tertiary/aromatic N) is 3. The van der Waals surface area contributed by atoms with Crippen LogP contribution in [0.2, 0.25) is 0 Å². The fourth-order valence-electron chi connectivity index (χ4n) is 3.01. The molecule has 0 atom stereocenters. The quantitative estimate of drug-likeness (QED) is 0.642. The number of hydrogen-bond acceptors (Lipinski definition) is 5. The summed E-state index contributed by atoms with van der Waals surface area (Å²) in [4.78, 5) is 25.2. The molecular weight excluding hydrogens is 425 g/mol. The van der Waals surface area contributed by atoms with E-state index in [4.69, 9.17) is 10.00 Å². The summed E-state index contributed by atoms with van der Waals surface area (Å²) < 4.78 is 46.7. The maximum atomic E-state index is 13.5. The molecule has 3 aromatic rings. The minimum absolute atomic E-state index is 0.115. The van der Waals surface area contributed by atoms with Crippen LogP contribution in [-0.2, 0) is 6.18 Å².